The van der Waals surface area contributed by atoms with E-state index in [1.165, 1.54) is 18.4 Å². The number of hydrogen-bond donors (Lipinski definition) is 1. The lowest BCUT2D eigenvalue weighted by molar-refractivity contribution is 0.417. The van der Waals surface area contributed by atoms with Crippen LogP contribution in [0.25, 0.3) is 23.0 Å². The molecule has 0 radical (unpaired) electrons. The Bertz CT molecular complexity index is 1100. The van der Waals surface area contributed by atoms with E-state index in [1.807, 2.05) is 0 Å². The molecule has 0 saturated heterocycles. The second kappa shape index (κ2) is 6.49. The summed E-state index contributed by atoms with van der Waals surface area (Å²) in [6.07, 6.45) is 1.52. The van der Waals surface area contributed by atoms with Crippen LogP contribution in [0.2, 0.25) is 0 Å². The van der Waals surface area contributed by atoms with Crippen molar-refractivity contribution in [3.05, 3.63) is 73.0 Å². The molecule has 0 atom stereocenters. The smallest absolute Gasteiger partial charge is 0.293 e. The molecular weight excluding hydrogens is 354 g/mol. The van der Waals surface area contributed by atoms with Gasteiger partial charge in [0.05, 0.1) is 11.2 Å². The van der Waals surface area contributed by atoms with Crippen molar-refractivity contribution in [1.29, 1.82) is 0 Å². The molecule has 0 aliphatic heterocycles. The van der Waals surface area contributed by atoms with E-state index in [2.05, 4.69) is 14.9 Å². The summed E-state index contributed by atoms with van der Waals surface area (Å²) in [5.74, 6) is 1.14. The highest BCUT2D eigenvalue weighted by Gasteiger charge is 2.15. The van der Waals surface area contributed by atoms with Gasteiger partial charge in [-0.3, -0.25) is 4.72 Å². The molecule has 7 nitrogen and oxygen atoms in total. The van der Waals surface area contributed by atoms with E-state index in [9.17, 15) is 8.42 Å². The lowest BCUT2D eigenvalue weighted by Crippen LogP contribution is -2.12. The number of anilines is 1. The monoisotopic (exact) mass is 367 g/mol. The Morgan fingerprint density at radius 3 is 2.35 bits per heavy atom. The van der Waals surface area contributed by atoms with Crippen molar-refractivity contribution >= 4 is 15.7 Å². The van der Waals surface area contributed by atoms with Crippen LogP contribution in [0, 0.1) is 0 Å². The zero-order valence-corrected chi connectivity index (χ0v) is 14.2. The van der Waals surface area contributed by atoms with E-state index in [0.29, 0.717) is 22.8 Å². The van der Waals surface area contributed by atoms with Crippen LogP contribution in [-0.4, -0.2) is 18.6 Å². The third kappa shape index (κ3) is 3.22. The van der Waals surface area contributed by atoms with Gasteiger partial charge in [-0.1, -0.05) is 23.4 Å². The van der Waals surface area contributed by atoms with Gasteiger partial charge in [-0.05, 0) is 48.5 Å². The number of sulfonamides is 1. The molecule has 1 N–H and O–H groups in total. The Labute approximate surface area is 149 Å². The van der Waals surface area contributed by atoms with Crippen LogP contribution in [0.1, 0.15) is 0 Å². The second-order valence-corrected chi connectivity index (χ2v) is 7.08. The molecule has 0 aliphatic rings. The van der Waals surface area contributed by atoms with E-state index < -0.39 is 10.0 Å². The summed E-state index contributed by atoms with van der Waals surface area (Å²) < 4.78 is 37.6. The predicted molar refractivity (Wildman–Crippen MR) is 94.7 cm³/mol. The molecule has 4 aromatic rings. The van der Waals surface area contributed by atoms with Crippen molar-refractivity contribution in [1.82, 2.24) is 10.1 Å². The highest BCUT2D eigenvalue weighted by Crippen LogP contribution is 2.24. The fourth-order valence-corrected chi connectivity index (χ4v) is 3.42. The molecule has 26 heavy (non-hydrogen) atoms. The molecule has 4 rings (SSSR count). The number of benzene rings is 2. The summed E-state index contributed by atoms with van der Waals surface area (Å²) in [7, 11) is -3.63. The Morgan fingerprint density at radius 1 is 0.885 bits per heavy atom. The third-order valence-electron chi connectivity index (χ3n) is 3.61. The Hall–Kier alpha value is -3.39. The molecule has 8 heteroatoms. The maximum atomic E-state index is 12.3. The zero-order chi connectivity index (χ0) is 18.0. The lowest BCUT2D eigenvalue weighted by atomic mass is 10.2. The van der Waals surface area contributed by atoms with Crippen LogP contribution in [0.5, 0.6) is 0 Å². The largest absolute Gasteiger partial charge is 0.459 e. The van der Waals surface area contributed by atoms with E-state index in [-0.39, 0.29) is 10.8 Å². The summed E-state index contributed by atoms with van der Waals surface area (Å²) in [6.45, 7) is 0. The molecular formula is C18H13N3O4S. The van der Waals surface area contributed by atoms with Crippen molar-refractivity contribution < 1.29 is 17.4 Å². The average Bonchev–Trinajstić information content (AvgIpc) is 3.34. The maximum absolute atomic E-state index is 12.3. The minimum atomic E-state index is -3.63. The molecule has 0 unspecified atom stereocenters. The highest BCUT2D eigenvalue weighted by molar-refractivity contribution is 7.92. The first-order chi connectivity index (χ1) is 12.6. The molecule has 0 fully saturated rings. The fraction of sp³-hybridized carbons (Fsp3) is 0. The number of nitrogens with zero attached hydrogens (tertiary/aromatic N) is 2. The Morgan fingerprint density at radius 2 is 1.65 bits per heavy atom. The molecule has 0 amide bonds. The molecule has 0 spiro atoms. The Kier molecular flexibility index (Phi) is 4.02. The predicted octanol–water partition coefficient (Wildman–Crippen LogP) is 3.80. The van der Waals surface area contributed by atoms with E-state index >= 15 is 0 Å². The van der Waals surface area contributed by atoms with Gasteiger partial charge in [-0.15, -0.1) is 0 Å². The first-order valence-electron chi connectivity index (χ1n) is 7.68. The molecule has 2 heterocycles. The van der Waals surface area contributed by atoms with Crippen LogP contribution >= 0.6 is 0 Å². The van der Waals surface area contributed by atoms with Crippen LogP contribution < -0.4 is 4.72 Å². The van der Waals surface area contributed by atoms with Crippen molar-refractivity contribution in [2.75, 3.05) is 4.72 Å². The van der Waals surface area contributed by atoms with Gasteiger partial charge in [0, 0.05) is 11.3 Å². The Balaban J connectivity index is 1.54. The molecule has 2 aromatic heterocycles. The summed E-state index contributed by atoms with van der Waals surface area (Å²) in [5.41, 5.74) is 1.13. The third-order valence-corrected chi connectivity index (χ3v) is 5.00. The minimum Gasteiger partial charge on any atom is -0.459 e. The van der Waals surface area contributed by atoms with Crippen molar-refractivity contribution in [3.8, 4) is 23.0 Å². The summed E-state index contributed by atoms with van der Waals surface area (Å²) >= 11 is 0. The first-order valence-corrected chi connectivity index (χ1v) is 9.16. The van der Waals surface area contributed by atoms with Crippen LogP contribution in [0.3, 0.4) is 0 Å². The van der Waals surface area contributed by atoms with Gasteiger partial charge in [0.2, 0.25) is 5.82 Å². The van der Waals surface area contributed by atoms with Gasteiger partial charge in [0.1, 0.15) is 0 Å². The van der Waals surface area contributed by atoms with Gasteiger partial charge in [0.15, 0.2) is 5.76 Å². The average molecular weight is 367 g/mol. The van der Waals surface area contributed by atoms with Crippen molar-refractivity contribution in [3.63, 3.8) is 0 Å². The first kappa shape index (κ1) is 16.1. The molecule has 0 aliphatic carbocycles. The van der Waals surface area contributed by atoms with Crippen LogP contribution in [0.4, 0.5) is 5.69 Å². The normalized spacial score (nSPS) is 11.4. The van der Waals surface area contributed by atoms with E-state index in [4.69, 9.17) is 8.94 Å². The molecule has 0 bridgehead atoms. The van der Waals surface area contributed by atoms with Gasteiger partial charge in [-0.25, -0.2) is 8.42 Å². The van der Waals surface area contributed by atoms with Gasteiger partial charge < -0.3 is 8.94 Å². The number of aromatic nitrogens is 2. The number of rotatable bonds is 5. The van der Waals surface area contributed by atoms with Crippen molar-refractivity contribution in [2.45, 2.75) is 4.90 Å². The molecule has 2 aromatic carbocycles. The number of furan rings is 1. The van der Waals surface area contributed by atoms with Crippen LogP contribution in [-0.2, 0) is 10.0 Å². The standard InChI is InChI=1S/C18H13N3O4S/c22-26(23,15-5-2-1-3-6-15)21-14-10-8-13(9-11-14)17-19-18(25-20-17)16-7-4-12-24-16/h1-12,21H. The minimum absolute atomic E-state index is 0.199. The van der Waals surface area contributed by atoms with Crippen molar-refractivity contribution in [2.24, 2.45) is 0 Å². The second-order valence-electron chi connectivity index (χ2n) is 5.40. The topological polar surface area (TPSA) is 98.2 Å². The maximum Gasteiger partial charge on any atom is 0.293 e. The highest BCUT2D eigenvalue weighted by atomic mass is 32.2. The SMILES string of the molecule is O=S(=O)(Nc1ccc(-c2noc(-c3ccco3)n2)cc1)c1ccccc1. The summed E-state index contributed by atoms with van der Waals surface area (Å²) in [5, 5.41) is 3.91. The summed E-state index contributed by atoms with van der Waals surface area (Å²) in [6, 6.07) is 18.3. The fourth-order valence-electron chi connectivity index (χ4n) is 2.34. The quantitative estimate of drug-likeness (QED) is 0.576. The van der Waals surface area contributed by atoms with E-state index in [0.717, 1.165) is 0 Å². The van der Waals surface area contributed by atoms with E-state index in [1.54, 1.807) is 54.6 Å². The molecule has 0 saturated carbocycles. The number of nitrogens with one attached hydrogen (secondary N) is 1. The lowest BCUT2D eigenvalue weighted by Gasteiger charge is -2.08. The summed E-state index contributed by atoms with van der Waals surface area (Å²) in [4.78, 5) is 4.46. The zero-order valence-electron chi connectivity index (χ0n) is 13.4. The molecule has 130 valence electrons. The van der Waals surface area contributed by atoms with Gasteiger partial charge >= 0.3 is 0 Å². The van der Waals surface area contributed by atoms with Crippen LogP contribution in [0.15, 0.2) is 86.8 Å². The van der Waals surface area contributed by atoms with Gasteiger partial charge in [0.25, 0.3) is 15.9 Å². The van der Waals surface area contributed by atoms with Gasteiger partial charge in [-0.2, -0.15) is 4.98 Å². The number of hydrogen-bond acceptors (Lipinski definition) is 6.